The van der Waals surface area contributed by atoms with Gasteiger partial charge in [-0.15, -0.1) is 0 Å². The Morgan fingerprint density at radius 2 is 0.683 bits per heavy atom. The molecule has 6 N–H and O–H groups in total. The number of benzene rings is 10. The van der Waals surface area contributed by atoms with Crippen LogP contribution in [0.2, 0.25) is 25.1 Å². The lowest BCUT2D eigenvalue weighted by molar-refractivity contribution is -0.134. The highest BCUT2D eigenvalue weighted by Crippen LogP contribution is 2.31. The lowest BCUT2D eigenvalue weighted by Crippen LogP contribution is -2.50. The van der Waals surface area contributed by atoms with E-state index < -0.39 is 0 Å². The summed E-state index contributed by atoms with van der Waals surface area (Å²) in [5.41, 5.74) is 6.36. The molecule has 10 aromatic carbocycles. The van der Waals surface area contributed by atoms with Gasteiger partial charge in [0.1, 0.15) is 0 Å². The number of nitrogens with one attached hydrogen (secondary N) is 6. The van der Waals surface area contributed by atoms with Crippen molar-refractivity contribution in [1.82, 2.24) is 61.3 Å². The van der Waals surface area contributed by atoms with Crippen LogP contribution >= 0.6 is 58.0 Å². The van der Waals surface area contributed by atoms with E-state index in [0.29, 0.717) is 139 Å². The van der Waals surface area contributed by atoms with Crippen molar-refractivity contribution in [3.63, 3.8) is 0 Å². The van der Waals surface area contributed by atoms with E-state index in [0.717, 1.165) is 149 Å². The number of halogens is 5. The van der Waals surface area contributed by atoms with Gasteiger partial charge in [-0.3, -0.25) is 43.5 Å². The first-order valence-corrected chi connectivity index (χ1v) is 46.3. The molecule has 6 heterocycles. The van der Waals surface area contributed by atoms with Crippen LogP contribution < -0.4 is 31.9 Å². The van der Waals surface area contributed by atoms with Crippen LogP contribution in [0.5, 0.6) is 0 Å². The average molecular weight is 1810 g/mol. The van der Waals surface area contributed by atoms with Crippen LogP contribution in [0.25, 0.3) is 32.3 Å². The minimum absolute atomic E-state index is 0.00125. The van der Waals surface area contributed by atoms with Gasteiger partial charge < -0.3 is 60.8 Å². The molecule has 6 saturated heterocycles. The Morgan fingerprint density at radius 3 is 1.04 bits per heavy atom. The molecule has 0 bridgehead atoms. The van der Waals surface area contributed by atoms with Crippen LogP contribution in [-0.2, 0) is 35.1 Å². The van der Waals surface area contributed by atoms with Crippen LogP contribution in [0.1, 0.15) is 117 Å². The highest BCUT2D eigenvalue weighted by Gasteiger charge is 2.37. The molecule has 26 heteroatoms. The fourth-order valence-corrected chi connectivity index (χ4v) is 18.8. The zero-order chi connectivity index (χ0) is 87.7. The van der Waals surface area contributed by atoms with E-state index in [9.17, 15) is 28.8 Å². The van der Waals surface area contributed by atoms with Crippen molar-refractivity contribution in [3.05, 3.63) is 282 Å². The Bertz CT molecular complexity index is 5220. The van der Waals surface area contributed by atoms with Crippen molar-refractivity contribution in [1.29, 1.82) is 0 Å². The summed E-state index contributed by atoms with van der Waals surface area (Å²) in [6, 6.07) is 69.5. The molecule has 21 nitrogen and oxygen atoms in total. The van der Waals surface area contributed by atoms with Crippen LogP contribution in [0.3, 0.4) is 0 Å². The van der Waals surface area contributed by atoms with Gasteiger partial charge in [0.15, 0.2) is 0 Å². The minimum atomic E-state index is -0.368. The van der Waals surface area contributed by atoms with Crippen LogP contribution in [0.4, 0.5) is 0 Å². The molecule has 0 radical (unpaired) electrons. The molecule has 6 aliphatic rings. The van der Waals surface area contributed by atoms with Crippen molar-refractivity contribution < 1.29 is 43.0 Å². The Hall–Kier alpha value is -9.11. The second-order valence-corrected chi connectivity index (χ2v) is 35.8. The normalized spacial score (nSPS) is 20.3. The van der Waals surface area contributed by atoms with E-state index in [4.69, 9.17) is 72.2 Å². The summed E-state index contributed by atoms with van der Waals surface area (Å²) < 4.78 is 16.5. The molecule has 664 valence electrons. The number of amides is 6. The van der Waals surface area contributed by atoms with Gasteiger partial charge in [0.25, 0.3) is 17.7 Å². The summed E-state index contributed by atoms with van der Waals surface area (Å²) in [4.78, 5) is 94.2. The van der Waals surface area contributed by atoms with E-state index in [1.807, 2.05) is 143 Å². The standard InChI is InChI=1S/C37H41ClN4O3.C33H41ClN4O3.C30H33Cl3N4O3/c38-32-14-13-29-23-31(12-11-30(29)24-32)36(43)39-25-33-15-18-42(37(44)35(40-33)16-17-41-19-21-45-22-20-41)26-34(27-7-3-1-4-8-27)28-9-5-2-6-10-28;1-2-24(25-6-4-3-5-7-25)23-38-15-12-30(36-31(33(38)40)13-14-37-16-18-41-19-17-37)22-35-32(39)28-9-8-27-21-29(34)11-10-26(27)20-28;31-24-4-3-21-15-23(2-1-22(21)16-24)29(38)34-18-27-5-8-37(19-20-13-25(32)17-26(33)14-20)30(39)28(35-27)6-7-36-9-11-40-12-10-36/h1-14,23-24,33-35,40H,15-22,25-26H2,(H,39,43);3-11,20-21,24,30-31,36H,2,12-19,22-23H2,1H3,(H,35,39);1-4,13-17,27-28,35H,5-12,18-19H2,(H,34,38)/t33-,35-;24-,30+,31+;27-,28-/m010/s1. The van der Waals surface area contributed by atoms with Gasteiger partial charge in [-0.25, -0.2) is 0 Å². The third kappa shape index (κ3) is 26.8. The van der Waals surface area contributed by atoms with Gasteiger partial charge in [-0.05, 0) is 191 Å². The number of carbonyl (C=O) groups is 6. The van der Waals surface area contributed by atoms with Crippen molar-refractivity contribution >= 4 is 126 Å². The molecule has 10 aromatic rings. The minimum Gasteiger partial charge on any atom is -0.379 e. The largest absolute Gasteiger partial charge is 0.379 e. The SMILES string of the molecule is CC[C@H](CN1CC[C@@H](CNC(=O)c2ccc3cc(Cl)ccc3c2)N[C@@H](CCN2CCOCC2)C1=O)c1ccccc1.O=C(NC[C@@H]1CCN(CC(c2ccccc2)c2ccccc2)C(=O)[C@H](CCN2CCOCC2)N1)c1ccc2cc(Cl)ccc2c1.O=C(NC[C@@H]1CCN(Cc2cc(Cl)cc(Cl)c2)C(=O)[C@H](CCN2CCOCC2)N1)c1ccc2cc(Cl)ccc2c1. The van der Waals surface area contributed by atoms with E-state index in [1.54, 1.807) is 12.1 Å². The van der Waals surface area contributed by atoms with Crippen LogP contribution in [0.15, 0.2) is 218 Å². The van der Waals surface area contributed by atoms with Gasteiger partial charge in [-0.2, -0.15) is 0 Å². The van der Waals surface area contributed by atoms with E-state index >= 15 is 0 Å². The van der Waals surface area contributed by atoms with Gasteiger partial charge >= 0.3 is 0 Å². The zero-order valence-corrected chi connectivity index (χ0v) is 75.4. The number of nitrogens with zero attached hydrogens (tertiary/aromatic N) is 6. The first kappa shape index (κ1) is 93.1. The molecule has 6 amide bonds. The first-order chi connectivity index (χ1) is 61.4. The maximum absolute atomic E-state index is 14.2. The Balaban J connectivity index is 0.000000154. The summed E-state index contributed by atoms with van der Waals surface area (Å²) in [5.74, 6) is 0.303. The van der Waals surface area contributed by atoms with E-state index in [2.05, 4.69) is 131 Å². The van der Waals surface area contributed by atoms with Crippen LogP contribution in [0, 0.1) is 0 Å². The number of ether oxygens (including phenoxy) is 3. The Kier molecular flexibility index (Phi) is 34.5. The van der Waals surface area contributed by atoms with Gasteiger partial charge in [0.05, 0.1) is 57.8 Å². The summed E-state index contributed by atoms with van der Waals surface area (Å²) in [6.45, 7) is 19.2. The van der Waals surface area contributed by atoms with Crippen molar-refractivity contribution in [2.24, 2.45) is 0 Å². The fraction of sp³-hybridized carbons (Fsp3) is 0.400. The van der Waals surface area contributed by atoms with Crippen molar-refractivity contribution in [3.8, 4) is 0 Å². The molecule has 0 saturated carbocycles. The van der Waals surface area contributed by atoms with E-state index in [-0.39, 0.29) is 77.6 Å². The molecule has 6 fully saturated rings. The number of rotatable bonds is 28. The number of fused-ring (bicyclic) bond motifs is 3. The molecule has 7 atom stereocenters. The van der Waals surface area contributed by atoms with Gasteiger partial charge in [-0.1, -0.05) is 192 Å². The summed E-state index contributed by atoms with van der Waals surface area (Å²) >= 11 is 30.8. The summed E-state index contributed by atoms with van der Waals surface area (Å²) in [7, 11) is 0. The Labute approximate surface area is 764 Å². The lowest BCUT2D eigenvalue weighted by atomic mass is 9.90. The highest BCUT2D eigenvalue weighted by atomic mass is 35.5. The predicted molar refractivity (Wildman–Crippen MR) is 505 cm³/mol. The number of hydrogen-bond donors (Lipinski definition) is 6. The summed E-state index contributed by atoms with van der Waals surface area (Å²) in [6.07, 6.45) is 5.29. The fourth-order valence-electron chi connectivity index (χ4n) is 17.7. The van der Waals surface area contributed by atoms with Gasteiger partial charge in [0, 0.05) is 190 Å². The van der Waals surface area contributed by atoms with Crippen molar-refractivity contribution in [2.75, 3.05) is 151 Å². The topological polar surface area (TPSA) is 222 Å². The molecule has 126 heavy (non-hydrogen) atoms. The second-order valence-electron chi connectivity index (χ2n) is 33.6. The van der Waals surface area contributed by atoms with Crippen molar-refractivity contribution in [2.45, 2.75) is 107 Å². The average Bonchev–Trinajstić information content (AvgIpc) is 1.18. The first-order valence-electron chi connectivity index (χ1n) is 44.4. The molecule has 0 aliphatic carbocycles. The molecule has 0 unspecified atom stereocenters. The Morgan fingerprint density at radius 1 is 0.365 bits per heavy atom. The third-order valence-electron chi connectivity index (χ3n) is 24.9. The third-order valence-corrected chi connectivity index (χ3v) is 26.1. The number of hydrogen-bond acceptors (Lipinski definition) is 15. The molecule has 0 spiro atoms. The summed E-state index contributed by atoms with van der Waals surface area (Å²) in [5, 5.41) is 29.1. The predicted octanol–water partition coefficient (Wildman–Crippen LogP) is 15.0. The quantitative estimate of drug-likeness (QED) is 0.0268. The van der Waals surface area contributed by atoms with Crippen LogP contribution in [-0.4, -0.2) is 252 Å². The molecule has 6 aliphatic heterocycles. The lowest BCUT2D eigenvalue weighted by Gasteiger charge is -2.31. The highest BCUT2D eigenvalue weighted by molar-refractivity contribution is 6.35. The maximum Gasteiger partial charge on any atom is 0.251 e. The molecular weight excluding hydrogens is 1690 g/mol. The van der Waals surface area contributed by atoms with E-state index in [1.165, 1.54) is 16.7 Å². The smallest absolute Gasteiger partial charge is 0.251 e. The zero-order valence-electron chi connectivity index (χ0n) is 71.6. The molecular formula is C100H115Cl5N12O9. The monoisotopic (exact) mass is 1800 g/mol. The molecule has 16 rings (SSSR count). The van der Waals surface area contributed by atoms with Gasteiger partial charge in [0.2, 0.25) is 17.7 Å². The number of carbonyl (C=O) groups excluding carboxylic acids is 6. The number of morpholine rings is 3. The second kappa shape index (κ2) is 46.7. The maximum atomic E-state index is 14.2. The molecule has 0 aromatic heterocycles.